The van der Waals surface area contributed by atoms with Crippen LogP contribution in [0, 0.1) is 0 Å². The van der Waals surface area contributed by atoms with Gasteiger partial charge in [0.2, 0.25) is 5.16 Å². The van der Waals surface area contributed by atoms with Crippen molar-refractivity contribution in [3.63, 3.8) is 0 Å². The molecule has 0 saturated heterocycles. The van der Waals surface area contributed by atoms with Gasteiger partial charge in [0, 0.05) is 12.6 Å². The second-order valence-electron chi connectivity index (χ2n) is 6.33. The van der Waals surface area contributed by atoms with E-state index in [0.29, 0.717) is 13.2 Å². The number of rotatable bonds is 11. The molecule has 3 aromatic rings. The standard InChI is InChI=1S/C20H24BrN5O2S/c1-3-27-18-12-16(13-22-9-10-29-20-23-24-25-26(20)2)11-17(21)19(18)28-14-15-7-5-4-6-8-15/h4-8,11-12,22H,3,9-10,13-14H2,1-2H3/p+1. The number of tetrazole rings is 1. The van der Waals surface area contributed by atoms with Crippen LogP contribution >= 0.6 is 27.7 Å². The van der Waals surface area contributed by atoms with Crippen LogP contribution in [0.2, 0.25) is 0 Å². The first-order valence-electron chi connectivity index (χ1n) is 9.46. The summed E-state index contributed by atoms with van der Waals surface area (Å²) < 4.78 is 14.5. The van der Waals surface area contributed by atoms with Crippen molar-refractivity contribution in [1.29, 1.82) is 0 Å². The molecule has 29 heavy (non-hydrogen) atoms. The van der Waals surface area contributed by atoms with Crippen LogP contribution in [0.5, 0.6) is 11.5 Å². The fourth-order valence-electron chi connectivity index (χ4n) is 2.72. The Balaban J connectivity index is 1.55. The number of aromatic nitrogens is 4. The molecule has 0 bridgehead atoms. The normalized spacial score (nSPS) is 10.9. The van der Waals surface area contributed by atoms with E-state index < -0.39 is 0 Å². The third-order valence-corrected chi connectivity index (χ3v) is 5.74. The number of nitrogens with zero attached hydrogens (tertiary/aromatic N) is 4. The van der Waals surface area contributed by atoms with Gasteiger partial charge in [0.1, 0.15) is 13.2 Å². The summed E-state index contributed by atoms with van der Waals surface area (Å²) in [7, 11) is 1.85. The van der Waals surface area contributed by atoms with Crippen molar-refractivity contribution < 1.29 is 14.8 Å². The number of ether oxygens (including phenoxy) is 2. The molecular formula is C20H25BrN5O2S+. The molecule has 0 saturated carbocycles. The molecule has 9 heteroatoms. The van der Waals surface area contributed by atoms with Crippen molar-refractivity contribution in [2.24, 2.45) is 7.05 Å². The van der Waals surface area contributed by atoms with Crippen LogP contribution in [0.3, 0.4) is 0 Å². The molecule has 154 valence electrons. The molecule has 0 radical (unpaired) electrons. The van der Waals surface area contributed by atoms with Gasteiger partial charge < -0.3 is 14.8 Å². The molecule has 0 unspecified atom stereocenters. The molecular weight excluding hydrogens is 454 g/mol. The molecule has 0 aliphatic heterocycles. The molecule has 2 N–H and O–H groups in total. The lowest BCUT2D eigenvalue weighted by molar-refractivity contribution is -0.666. The molecule has 0 aliphatic carbocycles. The van der Waals surface area contributed by atoms with Gasteiger partial charge in [-0.1, -0.05) is 42.1 Å². The number of thioether (sulfide) groups is 1. The Morgan fingerprint density at radius 2 is 1.97 bits per heavy atom. The predicted octanol–water partition coefficient (Wildman–Crippen LogP) is 2.81. The van der Waals surface area contributed by atoms with Crippen molar-refractivity contribution in [3.8, 4) is 11.5 Å². The fourth-order valence-corrected chi connectivity index (χ4v) is 4.11. The first-order valence-corrected chi connectivity index (χ1v) is 11.2. The molecule has 0 aliphatic rings. The molecule has 1 heterocycles. The van der Waals surface area contributed by atoms with Crippen molar-refractivity contribution in [1.82, 2.24) is 20.2 Å². The van der Waals surface area contributed by atoms with Crippen LogP contribution < -0.4 is 14.8 Å². The number of quaternary nitrogens is 1. The van der Waals surface area contributed by atoms with E-state index in [9.17, 15) is 0 Å². The quantitative estimate of drug-likeness (QED) is 0.337. The van der Waals surface area contributed by atoms with E-state index in [-0.39, 0.29) is 0 Å². The minimum Gasteiger partial charge on any atom is -0.490 e. The second kappa shape index (κ2) is 11.2. The average Bonchev–Trinajstić information content (AvgIpc) is 3.13. The third-order valence-electron chi connectivity index (χ3n) is 4.11. The Morgan fingerprint density at radius 1 is 1.14 bits per heavy atom. The van der Waals surface area contributed by atoms with Crippen molar-refractivity contribution in [3.05, 3.63) is 58.1 Å². The minimum atomic E-state index is 0.499. The summed E-state index contributed by atoms with van der Waals surface area (Å²) in [6.45, 7) is 4.88. The largest absolute Gasteiger partial charge is 0.490 e. The Hall–Kier alpha value is -2.10. The maximum absolute atomic E-state index is 6.05. The molecule has 2 aromatic carbocycles. The number of nitrogens with two attached hydrogens (primary N) is 1. The Bertz CT molecular complexity index is 907. The zero-order valence-electron chi connectivity index (χ0n) is 16.5. The Morgan fingerprint density at radius 3 is 2.69 bits per heavy atom. The van der Waals surface area contributed by atoms with Gasteiger partial charge in [0.25, 0.3) is 0 Å². The lowest BCUT2D eigenvalue weighted by Gasteiger charge is -2.15. The summed E-state index contributed by atoms with van der Waals surface area (Å²) in [6, 6.07) is 14.3. The molecule has 3 rings (SSSR count). The van der Waals surface area contributed by atoms with E-state index in [2.05, 4.69) is 48.9 Å². The van der Waals surface area contributed by atoms with Gasteiger partial charge in [-0.25, -0.2) is 4.68 Å². The van der Waals surface area contributed by atoms with Gasteiger partial charge in [-0.2, -0.15) is 0 Å². The van der Waals surface area contributed by atoms with E-state index in [0.717, 1.165) is 45.5 Å². The van der Waals surface area contributed by atoms with E-state index >= 15 is 0 Å². The van der Waals surface area contributed by atoms with Gasteiger partial charge in [-0.15, -0.1) is 5.10 Å². The highest BCUT2D eigenvalue weighted by Gasteiger charge is 2.13. The zero-order chi connectivity index (χ0) is 20.5. The Kier molecular flexibility index (Phi) is 8.33. The maximum atomic E-state index is 6.05. The lowest BCUT2D eigenvalue weighted by Crippen LogP contribution is -2.83. The smallest absolute Gasteiger partial charge is 0.209 e. The third kappa shape index (κ3) is 6.45. The number of hydrogen-bond donors (Lipinski definition) is 1. The highest BCUT2D eigenvalue weighted by atomic mass is 79.9. The number of aryl methyl sites for hydroxylation is 1. The van der Waals surface area contributed by atoms with E-state index in [1.165, 1.54) is 5.56 Å². The maximum Gasteiger partial charge on any atom is 0.209 e. The van der Waals surface area contributed by atoms with Crippen molar-refractivity contribution in [2.75, 3.05) is 18.9 Å². The summed E-state index contributed by atoms with van der Waals surface area (Å²) in [5.41, 5.74) is 2.30. The highest BCUT2D eigenvalue weighted by molar-refractivity contribution is 9.10. The van der Waals surface area contributed by atoms with E-state index in [4.69, 9.17) is 9.47 Å². The van der Waals surface area contributed by atoms with Crippen LogP contribution in [0.25, 0.3) is 0 Å². The van der Waals surface area contributed by atoms with Crippen LogP contribution in [-0.2, 0) is 20.2 Å². The fraction of sp³-hybridized carbons (Fsp3) is 0.350. The summed E-state index contributed by atoms with van der Waals surface area (Å²) in [4.78, 5) is 0. The van der Waals surface area contributed by atoms with Gasteiger partial charge in [-0.3, -0.25) is 0 Å². The first kappa shape index (κ1) is 21.6. The summed E-state index contributed by atoms with van der Waals surface area (Å²) in [5, 5.41) is 14.6. The van der Waals surface area contributed by atoms with Crippen LogP contribution in [0.15, 0.2) is 52.1 Å². The topological polar surface area (TPSA) is 78.7 Å². The van der Waals surface area contributed by atoms with Crippen molar-refractivity contribution >= 4 is 27.7 Å². The van der Waals surface area contributed by atoms with Gasteiger partial charge in [0.05, 0.1) is 23.4 Å². The van der Waals surface area contributed by atoms with Gasteiger partial charge in [-0.05, 0) is 51.0 Å². The predicted molar refractivity (Wildman–Crippen MR) is 116 cm³/mol. The highest BCUT2D eigenvalue weighted by Crippen LogP contribution is 2.37. The molecule has 0 atom stereocenters. The second-order valence-corrected chi connectivity index (χ2v) is 8.24. The average molecular weight is 479 g/mol. The summed E-state index contributed by atoms with van der Waals surface area (Å²) in [5.74, 6) is 2.44. The van der Waals surface area contributed by atoms with Crippen LogP contribution in [0.1, 0.15) is 18.1 Å². The first-order chi connectivity index (χ1) is 14.2. The van der Waals surface area contributed by atoms with Crippen LogP contribution in [0.4, 0.5) is 0 Å². The van der Waals surface area contributed by atoms with Crippen LogP contribution in [-0.4, -0.2) is 39.1 Å². The molecule has 0 fully saturated rings. The lowest BCUT2D eigenvalue weighted by atomic mass is 10.2. The number of halogens is 1. The molecule has 0 amide bonds. The van der Waals surface area contributed by atoms with E-state index in [1.807, 2.05) is 44.3 Å². The van der Waals surface area contributed by atoms with Crippen molar-refractivity contribution in [2.45, 2.75) is 25.2 Å². The van der Waals surface area contributed by atoms with Gasteiger partial charge in [0.15, 0.2) is 11.5 Å². The number of benzene rings is 2. The monoisotopic (exact) mass is 478 g/mol. The van der Waals surface area contributed by atoms with E-state index in [1.54, 1.807) is 16.4 Å². The molecule has 7 nitrogen and oxygen atoms in total. The molecule has 1 aromatic heterocycles. The summed E-state index contributed by atoms with van der Waals surface area (Å²) in [6.07, 6.45) is 0. The zero-order valence-corrected chi connectivity index (χ0v) is 18.9. The minimum absolute atomic E-state index is 0.499. The number of hydrogen-bond acceptors (Lipinski definition) is 6. The SMILES string of the molecule is CCOc1cc(C[NH2+]CCSc2nnnn2C)cc(Br)c1OCc1ccccc1. The molecule has 0 spiro atoms. The summed E-state index contributed by atoms with van der Waals surface area (Å²) >= 11 is 5.30. The van der Waals surface area contributed by atoms with Gasteiger partial charge >= 0.3 is 0 Å². The Labute approximate surface area is 183 Å².